The highest BCUT2D eigenvalue weighted by atomic mass is 19.4. The molecule has 11 heteroatoms. The molecule has 1 aromatic heterocycles. The van der Waals surface area contributed by atoms with E-state index in [9.17, 15) is 27.2 Å². The maximum absolute atomic E-state index is 13.8. The van der Waals surface area contributed by atoms with Crippen molar-refractivity contribution < 1.29 is 37.0 Å². The number of aryl methyl sites for hydroxylation is 1. The zero-order valence-electron chi connectivity index (χ0n) is 14.4. The summed E-state index contributed by atoms with van der Waals surface area (Å²) < 4.78 is 58.0. The second kappa shape index (κ2) is 7.49. The summed E-state index contributed by atoms with van der Waals surface area (Å²) in [6.07, 6.45) is -4.96. The Labute approximate surface area is 156 Å². The molecule has 0 fully saturated rings. The molecule has 0 saturated carbocycles. The van der Waals surface area contributed by atoms with Crippen molar-refractivity contribution in [3.05, 3.63) is 52.6 Å². The van der Waals surface area contributed by atoms with E-state index in [1.54, 1.807) is 0 Å². The van der Waals surface area contributed by atoms with Crippen LogP contribution in [0.4, 0.5) is 22.4 Å². The molecule has 0 unspecified atom stereocenters. The summed E-state index contributed by atoms with van der Waals surface area (Å²) in [7, 11) is 0. The van der Waals surface area contributed by atoms with Crippen LogP contribution in [0.5, 0.6) is 0 Å². The number of benzene rings is 1. The Hall–Kier alpha value is -3.11. The molecular formula is C17H15F4N3O4. The summed E-state index contributed by atoms with van der Waals surface area (Å²) in [5, 5.41) is 12.9. The minimum Gasteiger partial charge on any atom is -0.476 e. The number of hydrogen-bond donors (Lipinski definition) is 1. The molecule has 2 aromatic rings. The predicted octanol–water partition coefficient (Wildman–Crippen LogP) is 3.28. The first kappa shape index (κ1) is 19.6. The smallest absolute Gasteiger partial charge is 0.416 e. The fourth-order valence-corrected chi connectivity index (χ4v) is 2.79. The fraction of sp³-hybridized carbons (Fsp3) is 0.353. The number of aromatic carboxylic acids is 1. The van der Waals surface area contributed by atoms with Crippen molar-refractivity contribution in [3.63, 3.8) is 0 Å². The number of amides is 1. The van der Waals surface area contributed by atoms with Crippen molar-refractivity contribution in [2.75, 3.05) is 6.54 Å². The Balaban J connectivity index is 1.65. The van der Waals surface area contributed by atoms with Gasteiger partial charge in [-0.15, -0.1) is 0 Å². The van der Waals surface area contributed by atoms with Gasteiger partial charge < -0.3 is 14.7 Å². The van der Waals surface area contributed by atoms with Crippen LogP contribution in [0.15, 0.2) is 24.3 Å². The summed E-state index contributed by atoms with van der Waals surface area (Å²) in [4.78, 5) is 24.6. The zero-order chi connectivity index (χ0) is 20.5. The Morgan fingerprint density at radius 3 is 2.61 bits per heavy atom. The Morgan fingerprint density at radius 1 is 1.21 bits per heavy atom. The largest absolute Gasteiger partial charge is 0.476 e. The van der Waals surface area contributed by atoms with Crippen LogP contribution in [0, 0.1) is 5.82 Å². The number of alkyl halides is 3. The van der Waals surface area contributed by atoms with Crippen LogP contribution in [0.2, 0.25) is 0 Å². The fourth-order valence-electron chi connectivity index (χ4n) is 2.79. The van der Waals surface area contributed by atoms with Crippen LogP contribution in [0.1, 0.15) is 33.7 Å². The molecule has 0 aliphatic carbocycles. The second-order valence-electron chi connectivity index (χ2n) is 6.18. The monoisotopic (exact) mass is 401 g/mol. The molecule has 1 aliphatic rings. The van der Waals surface area contributed by atoms with E-state index in [0.717, 1.165) is 6.07 Å². The SMILES string of the molecule is O=C(O)c1cc2n(n1)CCCN(C(=O)OCc1ccc(C(F)(F)F)cc1F)C2. The highest BCUT2D eigenvalue weighted by Gasteiger charge is 2.31. The van der Waals surface area contributed by atoms with Crippen LogP contribution in [-0.4, -0.2) is 38.4 Å². The summed E-state index contributed by atoms with van der Waals surface area (Å²) in [5.74, 6) is -2.31. The van der Waals surface area contributed by atoms with Crippen LogP contribution < -0.4 is 0 Å². The third-order valence-corrected chi connectivity index (χ3v) is 4.22. The first-order valence-corrected chi connectivity index (χ1v) is 8.22. The van der Waals surface area contributed by atoms with Crippen molar-refractivity contribution >= 4 is 12.1 Å². The molecule has 0 atom stereocenters. The van der Waals surface area contributed by atoms with E-state index in [1.807, 2.05) is 0 Å². The van der Waals surface area contributed by atoms with Crippen molar-refractivity contribution in [1.82, 2.24) is 14.7 Å². The Kier molecular flexibility index (Phi) is 5.25. The van der Waals surface area contributed by atoms with Gasteiger partial charge in [-0.05, 0) is 24.6 Å². The molecule has 28 heavy (non-hydrogen) atoms. The summed E-state index contributed by atoms with van der Waals surface area (Å²) in [6.45, 7) is 0.244. The lowest BCUT2D eigenvalue weighted by atomic mass is 10.1. The highest BCUT2D eigenvalue weighted by molar-refractivity contribution is 5.85. The van der Waals surface area contributed by atoms with Gasteiger partial charge in [0.15, 0.2) is 5.69 Å². The maximum Gasteiger partial charge on any atom is 0.416 e. The number of hydrogen-bond acceptors (Lipinski definition) is 4. The van der Waals surface area contributed by atoms with Gasteiger partial charge in [0.1, 0.15) is 12.4 Å². The summed E-state index contributed by atoms with van der Waals surface area (Å²) in [5.41, 5.74) is -0.950. The standard InChI is InChI=1S/C17H15F4N3O4/c18-13-6-11(17(19,20)21)3-2-10(13)9-28-16(27)23-4-1-5-24-12(8-23)7-14(22-24)15(25)26/h2-3,6-7H,1,4-5,8-9H2,(H,25,26). The third kappa shape index (κ3) is 4.24. The van der Waals surface area contributed by atoms with E-state index < -0.39 is 36.2 Å². The number of carbonyl (C=O) groups excluding carboxylic acids is 1. The molecule has 2 heterocycles. The van der Waals surface area contributed by atoms with Gasteiger partial charge in [0.05, 0.1) is 17.8 Å². The van der Waals surface area contributed by atoms with Crippen LogP contribution in [0.25, 0.3) is 0 Å². The van der Waals surface area contributed by atoms with Gasteiger partial charge in [-0.25, -0.2) is 14.0 Å². The van der Waals surface area contributed by atoms with Gasteiger partial charge in [-0.1, -0.05) is 6.07 Å². The number of halogens is 4. The number of ether oxygens (including phenoxy) is 1. The average molecular weight is 401 g/mol. The average Bonchev–Trinajstić information content (AvgIpc) is 2.91. The third-order valence-electron chi connectivity index (χ3n) is 4.22. The molecule has 150 valence electrons. The van der Waals surface area contributed by atoms with Gasteiger partial charge in [-0.2, -0.15) is 18.3 Å². The van der Waals surface area contributed by atoms with E-state index in [-0.39, 0.29) is 17.8 Å². The number of nitrogens with zero attached hydrogens (tertiary/aromatic N) is 3. The highest BCUT2D eigenvalue weighted by Crippen LogP contribution is 2.30. The molecule has 1 aromatic carbocycles. The molecule has 0 spiro atoms. The topological polar surface area (TPSA) is 84.7 Å². The van der Waals surface area contributed by atoms with Gasteiger partial charge in [0.2, 0.25) is 0 Å². The lowest BCUT2D eigenvalue weighted by Gasteiger charge is -2.19. The predicted molar refractivity (Wildman–Crippen MR) is 85.8 cm³/mol. The summed E-state index contributed by atoms with van der Waals surface area (Å²) >= 11 is 0. The molecule has 0 bridgehead atoms. The van der Waals surface area contributed by atoms with Gasteiger partial charge in [-0.3, -0.25) is 4.68 Å². The molecule has 1 amide bonds. The first-order valence-electron chi connectivity index (χ1n) is 8.22. The molecule has 3 rings (SSSR count). The molecule has 0 saturated heterocycles. The molecule has 0 radical (unpaired) electrons. The van der Waals surface area contributed by atoms with Crippen LogP contribution >= 0.6 is 0 Å². The summed E-state index contributed by atoms with van der Waals surface area (Å²) in [6, 6.07) is 3.33. The Bertz CT molecular complexity index is 910. The van der Waals surface area contributed by atoms with E-state index in [4.69, 9.17) is 9.84 Å². The Morgan fingerprint density at radius 2 is 1.96 bits per heavy atom. The number of fused-ring (bicyclic) bond motifs is 1. The minimum absolute atomic E-state index is 0.0502. The number of aromatic nitrogens is 2. The van der Waals surface area contributed by atoms with Crippen LogP contribution in [0.3, 0.4) is 0 Å². The lowest BCUT2D eigenvalue weighted by Crippen LogP contribution is -2.31. The molecular weight excluding hydrogens is 386 g/mol. The van der Waals surface area contributed by atoms with Crippen LogP contribution in [-0.2, 0) is 30.6 Å². The van der Waals surface area contributed by atoms with Crippen molar-refractivity contribution in [3.8, 4) is 0 Å². The van der Waals surface area contributed by atoms with Crippen molar-refractivity contribution in [1.29, 1.82) is 0 Å². The number of carboxylic acid groups (broad SMARTS) is 1. The van der Waals surface area contributed by atoms with E-state index in [2.05, 4.69) is 5.10 Å². The maximum atomic E-state index is 13.8. The van der Waals surface area contributed by atoms with E-state index >= 15 is 0 Å². The zero-order valence-corrected chi connectivity index (χ0v) is 14.4. The van der Waals surface area contributed by atoms with Crippen molar-refractivity contribution in [2.45, 2.75) is 32.3 Å². The normalized spacial score (nSPS) is 14.4. The quantitative estimate of drug-likeness (QED) is 0.798. The van der Waals surface area contributed by atoms with Gasteiger partial charge in [0, 0.05) is 18.7 Å². The molecule has 1 N–H and O–H groups in total. The van der Waals surface area contributed by atoms with E-state index in [1.165, 1.54) is 15.6 Å². The molecule has 1 aliphatic heterocycles. The van der Waals surface area contributed by atoms with Crippen molar-refractivity contribution in [2.24, 2.45) is 0 Å². The number of carboxylic acids is 1. The lowest BCUT2D eigenvalue weighted by molar-refractivity contribution is -0.137. The minimum atomic E-state index is -4.67. The molecule has 7 nitrogen and oxygen atoms in total. The number of carbonyl (C=O) groups is 2. The van der Waals surface area contributed by atoms with Gasteiger partial charge >= 0.3 is 18.2 Å². The van der Waals surface area contributed by atoms with E-state index in [0.29, 0.717) is 37.3 Å². The van der Waals surface area contributed by atoms with Gasteiger partial charge in [0.25, 0.3) is 0 Å². The second-order valence-corrected chi connectivity index (χ2v) is 6.18. The first-order chi connectivity index (χ1) is 13.1. The number of rotatable bonds is 3.